The Morgan fingerprint density at radius 3 is 2.88 bits per heavy atom. The van der Waals surface area contributed by atoms with Crippen molar-refractivity contribution in [3.63, 3.8) is 0 Å². The molecule has 3 aromatic rings. The first-order valence-corrected chi connectivity index (χ1v) is 8.51. The summed E-state index contributed by atoms with van der Waals surface area (Å²) >= 11 is 0. The van der Waals surface area contributed by atoms with Gasteiger partial charge in [0.1, 0.15) is 0 Å². The van der Waals surface area contributed by atoms with Crippen LogP contribution in [0.25, 0.3) is 17.0 Å². The highest BCUT2D eigenvalue weighted by atomic mass is 16.7. The van der Waals surface area contributed by atoms with Crippen LogP contribution in [0.1, 0.15) is 16.8 Å². The number of hydrogen-bond donors (Lipinski definition) is 1. The lowest BCUT2D eigenvalue weighted by Gasteiger charge is -2.04. The minimum Gasteiger partial charge on any atom is -0.454 e. The van der Waals surface area contributed by atoms with Crippen LogP contribution in [0, 0.1) is 6.92 Å². The number of nitrogens with zero attached hydrogens (tertiary/aromatic N) is 1. The third kappa shape index (κ3) is 3.16. The van der Waals surface area contributed by atoms with E-state index in [1.54, 1.807) is 6.08 Å². The van der Waals surface area contributed by atoms with Gasteiger partial charge in [-0.3, -0.25) is 4.79 Å². The number of aryl methyl sites for hydroxylation is 2. The quantitative estimate of drug-likeness (QED) is 0.734. The Morgan fingerprint density at radius 2 is 2.00 bits per heavy atom. The Kier molecular flexibility index (Phi) is 4.13. The van der Waals surface area contributed by atoms with Crippen LogP contribution in [-0.4, -0.2) is 17.3 Å². The Balaban J connectivity index is 1.39. The number of ether oxygens (including phenoxy) is 2. The molecule has 132 valence electrons. The molecule has 0 saturated carbocycles. The highest BCUT2D eigenvalue weighted by Gasteiger charge is 2.12. The zero-order valence-corrected chi connectivity index (χ0v) is 14.8. The number of amides is 1. The van der Waals surface area contributed by atoms with E-state index in [2.05, 4.69) is 42.1 Å². The van der Waals surface area contributed by atoms with E-state index in [1.165, 1.54) is 22.7 Å². The molecule has 5 heteroatoms. The Hall–Kier alpha value is -3.21. The summed E-state index contributed by atoms with van der Waals surface area (Å²) < 4.78 is 12.8. The minimum absolute atomic E-state index is 0.132. The average molecular weight is 348 g/mol. The fraction of sp³-hybridized carbons (Fsp3) is 0.190. The molecule has 5 nitrogen and oxygen atoms in total. The number of rotatable bonds is 4. The molecular weight excluding hydrogens is 328 g/mol. The predicted octanol–water partition coefficient (Wildman–Crippen LogP) is 3.55. The first-order valence-electron chi connectivity index (χ1n) is 8.51. The molecule has 1 N–H and O–H groups in total. The molecule has 0 aliphatic carbocycles. The number of aromatic nitrogens is 1. The van der Waals surface area contributed by atoms with E-state index in [0.717, 1.165) is 16.9 Å². The molecule has 0 atom stereocenters. The van der Waals surface area contributed by atoms with Crippen LogP contribution in [0.15, 0.2) is 48.5 Å². The van der Waals surface area contributed by atoms with Crippen LogP contribution < -0.4 is 14.8 Å². The highest BCUT2D eigenvalue weighted by molar-refractivity contribution is 5.92. The van der Waals surface area contributed by atoms with E-state index in [1.807, 2.05) is 24.3 Å². The molecule has 1 aromatic heterocycles. The summed E-state index contributed by atoms with van der Waals surface area (Å²) in [5.74, 6) is 1.31. The summed E-state index contributed by atoms with van der Waals surface area (Å²) in [4.78, 5) is 12.1. The van der Waals surface area contributed by atoms with Crippen LogP contribution in [0.5, 0.6) is 11.5 Å². The minimum atomic E-state index is -0.132. The lowest BCUT2D eigenvalue weighted by Crippen LogP contribution is -2.20. The number of carbonyl (C=O) groups is 1. The van der Waals surface area contributed by atoms with Crippen molar-refractivity contribution >= 4 is 22.9 Å². The monoisotopic (exact) mass is 348 g/mol. The van der Waals surface area contributed by atoms with E-state index >= 15 is 0 Å². The third-order valence-corrected chi connectivity index (χ3v) is 4.64. The fourth-order valence-electron chi connectivity index (χ4n) is 3.08. The second-order valence-corrected chi connectivity index (χ2v) is 6.40. The van der Waals surface area contributed by atoms with Gasteiger partial charge in [-0.15, -0.1) is 0 Å². The molecule has 0 unspecified atom stereocenters. The smallest absolute Gasteiger partial charge is 0.244 e. The molecule has 0 bridgehead atoms. The van der Waals surface area contributed by atoms with Gasteiger partial charge in [-0.1, -0.05) is 12.1 Å². The second kappa shape index (κ2) is 6.59. The van der Waals surface area contributed by atoms with Crippen molar-refractivity contribution in [2.24, 2.45) is 7.05 Å². The van der Waals surface area contributed by atoms with Crippen LogP contribution in [-0.2, 0) is 18.4 Å². The number of fused-ring (bicyclic) bond motifs is 2. The second-order valence-electron chi connectivity index (χ2n) is 6.40. The molecule has 0 radical (unpaired) electrons. The fourth-order valence-corrected chi connectivity index (χ4v) is 3.08. The summed E-state index contributed by atoms with van der Waals surface area (Å²) in [5.41, 5.74) is 4.38. The largest absolute Gasteiger partial charge is 0.454 e. The van der Waals surface area contributed by atoms with E-state index in [-0.39, 0.29) is 12.7 Å². The van der Waals surface area contributed by atoms with Crippen molar-refractivity contribution in [3.8, 4) is 11.5 Å². The van der Waals surface area contributed by atoms with E-state index in [9.17, 15) is 4.79 Å². The third-order valence-electron chi connectivity index (χ3n) is 4.64. The highest BCUT2D eigenvalue weighted by Crippen LogP contribution is 2.32. The van der Waals surface area contributed by atoms with Gasteiger partial charge in [-0.25, -0.2) is 0 Å². The van der Waals surface area contributed by atoms with Crippen LogP contribution >= 0.6 is 0 Å². The van der Waals surface area contributed by atoms with Gasteiger partial charge in [0.15, 0.2) is 11.5 Å². The molecule has 0 spiro atoms. The van der Waals surface area contributed by atoms with E-state index in [0.29, 0.717) is 12.3 Å². The number of carbonyl (C=O) groups excluding carboxylic acids is 1. The maximum Gasteiger partial charge on any atom is 0.244 e. The molecule has 2 aromatic carbocycles. The maximum absolute atomic E-state index is 12.1. The normalized spacial score (nSPS) is 12.8. The topological polar surface area (TPSA) is 52.5 Å². The van der Waals surface area contributed by atoms with Gasteiger partial charge in [0.25, 0.3) is 0 Å². The van der Waals surface area contributed by atoms with Gasteiger partial charge >= 0.3 is 0 Å². The first kappa shape index (κ1) is 16.3. The van der Waals surface area contributed by atoms with E-state index in [4.69, 9.17) is 9.47 Å². The van der Waals surface area contributed by atoms with Gasteiger partial charge < -0.3 is 19.4 Å². The molecule has 1 aliphatic rings. The lowest BCUT2D eigenvalue weighted by molar-refractivity contribution is -0.116. The van der Waals surface area contributed by atoms with Gasteiger partial charge in [0, 0.05) is 36.3 Å². The standard InChI is InChI=1S/C21H20N2O3/c1-14-9-17-10-16(3-6-18(17)23(14)2)12-22-21(24)8-5-15-4-7-19-20(11-15)26-13-25-19/h3-11H,12-13H2,1-2H3,(H,22,24)/b8-5+. The Morgan fingerprint density at radius 1 is 1.15 bits per heavy atom. The SMILES string of the molecule is Cc1cc2cc(CNC(=O)/C=C/c3ccc4c(c3)OCO4)ccc2n1C. The van der Waals surface area contributed by atoms with Gasteiger partial charge in [0.2, 0.25) is 12.7 Å². The summed E-state index contributed by atoms with van der Waals surface area (Å²) in [6.45, 7) is 2.82. The van der Waals surface area contributed by atoms with Crippen molar-refractivity contribution in [1.29, 1.82) is 0 Å². The van der Waals surface area contributed by atoms with Crippen LogP contribution in [0.3, 0.4) is 0 Å². The molecule has 26 heavy (non-hydrogen) atoms. The van der Waals surface area contributed by atoms with Crippen molar-refractivity contribution in [3.05, 3.63) is 65.4 Å². The van der Waals surface area contributed by atoms with Gasteiger partial charge in [-0.2, -0.15) is 0 Å². The van der Waals surface area contributed by atoms with Gasteiger partial charge in [0.05, 0.1) is 0 Å². The zero-order valence-electron chi connectivity index (χ0n) is 14.8. The van der Waals surface area contributed by atoms with Crippen molar-refractivity contribution < 1.29 is 14.3 Å². The Bertz CT molecular complexity index is 1020. The summed E-state index contributed by atoms with van der Waals surface area (Å²) in [5, 5.41) is 4.11. The van der Waals surface area contributed by atoms with Crippen LogP contribution in [0.2, 0.25) is 0 Å². The average Bonchev–Trinajstić information content (AvgIpc) is 3.22. The first-order chi connectivity index (χ1) is 12.6. The molecule has 1 aliphatic heterocycles. The molecule has 4 rings (SSSR count). The molecule has 2 heterocycles. The lowest BCUT2D eigenvalue weighted by atomic mass is 10.1. The summed E-state index contributed by atoms with van der Waals surface area (Å²) in [6.07, 6.45) is 3.30. The zero-order chi connectivity index (χ0) is 18.1. The summed E-state index contributed by atoms with van der Waals surface area (Å²) in [7, 11) is 2.06. The van der Waals surface area contributed by atoms with Gasteiger partial charge in [-0.05, 0) is 54.5 Å². The summed E-state index contributed by atoms with van der Waals surface area (Å²) in [6, 6.07) is 14.0. The number of hydrogen-bond acceptors (Lipinski definition) is 3. The molecular formula is C21H20N2O3. The molecule has 0 fully saturated rings. The number of nitrogens with one attached hydrogen (secondary N) is 1. The number of benzene rings is 2. The molecule has 0 saturated heterocycles. The molecule has 1 amide bonds. The van der Waals surface area contributed by atoms with Crippen molar-refractivity contribution in [2.75, 3.05) is 6.79 Å². The van der Waals surface area contributed by atoms with Crippen molar-refractivity contribution in [1.82, 2.24) is 9.88 Å². The van der Waals surface area contributed by atoms with E-state index < -0.39 is 0 Å². The Labute approximate surface area is 151 Å². The maximum atomic E-state index is 12.1. The predicted molar refractivity (Wildman–Crippen MR) is 101 cm³/mol. The van der Waals surface area contributed by atoms with Crippen molar-refractivity contribution in [2.45, 2.75) is 13.5 Å². The van der Waals surface area contributed by atoms with Crippen LogP contribution in [0.4, 0.5) is 0 Å².